The predicted molar refractivity (Wildman–Crippen MR) is 291 cm³/mol. The molecule has 0 N–H and O–H groups in total. The second-order valence-corrected chi connectivity index (χ2v) is 17.0. The summed E-state index contributed by atoms with van der Waals surface area (Å²) in [4.78, 5) is 22.7. The number of imidazole rings is 1. The number of aromatic nitrogens is 6. The lowest BCUT2D eigenvalue weighted by Crippen LogP contribution is -1.99. The van der Waals surface area contributed by atoms with Crippen LogP contribution in [0.15, 0.2) is 219 Å². The monoisotopic (exact) mass is 928 g/mol. The minimum absolute atomic E-state index is 0.0122. The van der Waals surface area contributed by atoms with E-state index in [4.69, 9.17) is 18.2 Å². The Labute approximate surface area is 433 Å². The minimum Gasteiger partial charge on any atom is -0.295 e. The molecule has 5 aromatic heterocycles. The van der Waals surface area contributed by atoms with Crippen molar-refractivity contribution >= 4 is 27.3 Å². The fourth-order valence-corrected chi connectivity index (χ4v) is 9.17. The Morgan fingerprint density at radius 2 is 0.986 bits per heavy atom. The molecule has 0 atom stereocenters. The van der Waals surface area contributed by atoms with E-state index in [1.54, 1.807) is 103 Å². The summed E-state index contributed by atoms with van der Waals surface area (Å²) in [6.07, 6.45) is -6.70. The molecule has 340 valence electrons. The molecule has 12 rings (SSSR count). The van der Waals surface area contributed by atoms with Crippen LogP contribution in [0.25, 0.3) is 94.5 Å². The van der Waals surface area contributed by atoms with Crippen LogP contribution >= 0.6 is 0 Å². The molecule has 6 nitrogen and oxygen atoms in total. The van der Waals surface area contributed by atoms with E-state index in [0.717, 1.165) is 11.1 Å². The molecule has 0 aliphatic rings. The van der Waals surface area contributed by atoms with Crippen molar-refractivity contribution < 1.29 is 19.2 Å². The van der Waals surface area contributed by atoms with Gasteiger partial charge in [0.25, 0.3) is 0 Å². The van der Waals surface area contributed by atoms with E-state index < -0.39 is 50.7 Å². The quantitative estimate of drug-likeness (QED) is 0.114. The molecule has 5 heterocycles. The molecular formula is C65H50N6. The number of benzene rings is 7. The first-order valence-electron chi connectivity index (χ1n) is 30.0. The van der Waals surface area contributed by atoms with Crippen LogP contribution in [-0.4, -0.2) is 29.3 Å². The van der Waals surface area contributed by atoms with Crippen LogP contribution in [0.5, 0.6) is 0 Å². The SMILES string of the molecule is [2H]C([2H])([2H])c1nc(C([2H])([2H])[2H])n2c3cc(-c4ccccc4-c4cc(C([2H])([2H])C([2H])([2H])c5ccc(-c6ccccn6)cc5)cc(C([2H])([2H])C([2H])([2H])c5ccc(-c6ccccn6)cc5)c4)ccc3c3ncnc(-c4ccc(-c5ccccc5)cc4)c3c12. The standard InChI is InChI=1S/C65H50N6/c1-43-65-62-63(53-32-30-50(31-33-53)49-12-4-3-5-13-49)68-42-69-64(62)58-35-34-54(41-61(58)71(65)44(2)70-43)56-14-6-7-15-57(56)55-39-47(20-18-45-22-26-51(27-23-45)59-16-8-10-36-66-59)38-48(40-55)21-19-46-24-28-52(29-25-46)60-17-9-11-37-67-60/h3-17,22-42H,18-21H2,1-2H3/i1D3,2D3,18D2,19D2,20D2,21D2. The average molecular weight is 929 g/mol. The zero-order valence-corrected chi connectivity index (χ0v) is 38.0. The number of hydrogen-bond acceptors (Lipinski definition) is 5. The molecule has 12 aromatic rings. The van der Waals surface area contributed by atoms with E-state index in [9.17, 15) is 11.0 Å². The summed E-state index contributed by atoms with van der Waals surface area (Å²) in [5.74, 6) is -0.511. The van der Waals surface area contributed by atoms with Crippen LogP contribution in [0.2, 0.25) is 0 Å². The lowest BCUT2D eigenvalue weighted by atomic mass is 9.89. The van der Waals surface area contributed by atoms with Crippen LogP contribution in [0.4, 0.5) is 0 Å². The summed E-state index contributed by atoms with van der Waals surface area (Å²) in [6, 6.07) is 57.0. The molecule has 0 spiro atoms. The highest BCUT2D eigenvalue weighted by Gasteiger charge is 2.21. The number of nitrogens with zero attached hydrogens (tertiary/aromatic N) is 6. The van der Waals surface area contributed by atoms with Crippen molar-refractivity contribution in [2.24, 2.45) is 0 Å². The molecule has 0 aliphatic carbocycles. The second-order valence-electron chi connectivity index (χ2n) is 17.0. The van der Waals surface area contributed by atoms with Gasteiger partial charge in [-0.15, -0.1) is 0 Å². The molecule has 0 amide bonds. The van der Waals surface area contributed by atoms with E-state index in [1.807, 2.05) is 66.7 Å². The van der Waals surface area contributed by atoms with Gasteiger partial charge in [-0.2, -0.15) is 0 Å². The van der Waals surface area contributed by atoms with Crippen LogP contribution in [0.3, 0.4) is 0 Å². The van der Waals surface area contributed by atoms with Crippen molar-refractivity contribution in [2.45, 2.75) is 39.2 Å². The van der Waals surface area contributed by atoms with Gasteiger partial charge in [0.2, 0.25) is 0 Å². The molecule has 0 saturated heterocycles. The summed E-state index contributed by atoms with van der Waals surface area (Å²) in [5, 5.41) is 0.704. The van der Waals surface area contributed by atoms with Crippen molar-refractivity contribution in [1.82, 2.24) is 29.3 Å². The molecule has 0 aliphatic heterocycles. The van der Waals surface area contributed by atoms with Gasteiger partial charge >= 0.3 is 0 Å². The van der Waals surface area contributed by atoms with Crippen molar-refractivity contribution in [3.8, 4) is 67.2 Å². The van der Waals surface area contributed by atoms with Gasteiger partial charge in [-0.1, -0.05) is 170 Å². The molecule has 0 unspecified atom stereocenters. The maximum absolute atomic E-state index is 9.75. The molecule has 6 heteroatoms. The third kappa shape index (κ3) is 8.66. The van der Waals surface area contributed by atoms with Gasteiger partial charge in [0, 0.05) is 53.7 Å². The molecule has 0 radical (unpaired) electrons. The summed E-state index contributed by atoms with van der Waals surface area (Å²) >= 11 is 0. The molecule has 0 fully saturated rings. The minimum atomic E-state index is -2.94. The molecule has 7 aromatic carbocycles. The maximum Gasteiger partial charge on any atom is 0.116 e. The zero-order chi connectivity index (χ0) is 59.8. The highest BCUT2D eigenvalue weighted by molar-refractivity contribution is 6.16. The fraction of sp³-hybridized carbons (Fsp3) is 0.0923. The third-order valence-corrected chi connectivity index (χ3v) is 12.6. The first-order valence-corrected chi connectivity index (χ1v) is 23.0. The Kier molecular flexibility index (Phi) is 8.14. The number of hydrogen-bond donors (Lipinski definition) is 0. The lowest BCUT2D eigenvalue weighted by Gasteiger charge is -2.16. The van der Waals surface area contributed by atoms with Crippen LogP contribution in [-0.2, 0) is 25.5 Å². The van der Waals surface area contributed by atoms with Gasteiger partial charge in [-0.25, -0.2) is 15.0 Å². The highest BCUT2D eigenvalue weighted by Crippen LogP contribution is 2.40. The molecule has 71 heavy (non-hydrogen) atoms. The largest absolute Gasteiger partial charge is 0.295 e. The van der Waals surface area contributed by atoms with Crippen molar-refractivity contribution in [2.75, 3.05) is 0 Å². The Hall–Kier alpha value is -8.87. The highest BCUT2D eigenvalue weighted by atomic mass is 15.0. The van der Waals surface area contributed by atoms with E-state index >= 15 is 0 Å². The fourth-order valence-electron chi connectivity index (χ4n) is 9.17. The first kappa shape index (κ1) is 30.6. The number of pyridine rings is 3. The number of fused-ring (bicyclic) bond motifs is 6. The average Bonchev–Trinajstić information content (AvgIpc) is 1.70. The predicted octanol–water partition coefficient (Wildman–Crippen LogP) is 15.4. The zero-order valence-electron chi connectivity index (χ0n) is 52.0. The Bertz CT molecular complexity index is 4350. The van der Waals surface area contributed by atoms with Crippen LogP contribution in [0.1, 0.15) is 53.0 Å². The third-order valence-electron chi connectivity index (χ3n) is 12.6. The van der Waals surface area contributed by atoms with E-state index in [-0.39, 0.29) is 44.2 Å². The maximum atomic E-state index is 9.75. The molecular weight excluding hydrogens is 865 g/mol. The van der Waals surface area contributed by atoms with Crippen molar-refractivity contribution in [1.29, 1.82) is 0 Å². The first-order chi connectivity index (χ1) is 40.4. The van der Waals surface area contributed by atoms with Crippen molar-refractivity contribution in [3.63, 3.8) is 0 Å². The second kappa shape index (κ2) is 18.9. The van der Waals surface area contributed by atoms with Gasteiger partial charge in [0.1, 0.15) is 12.2 Å². The summed E-state index contributed by atoms with van der Waals surface area (Å²) in [5.41, 5.74) is 6.49. The Balaban J connectivity index is 1.05. The van der Waals surface area contributed by atoms with Gasteiger partial charge < -0.3 is 0 Å². The number of aryl methyl sites for hydroxylation is 6. The Morgan fingerprint density at radius 1 is 0.437 bits per heavy atom. The van der Waals surface area contributed by atoms with Gasteiger partial charge in [0.05, 0.1) is 44.7 Å². The Morgan fingerprint density at radius 3 is 1.59 bits per heavy atom. The lowest BCUT2D eigenvalue weighted by molar-refractivity contribution is 0.931. The summed E-state index contributed by atoms with van der Waals surface area (Å²) in [7, 11) is 0. The summed E-state index contributed by atoms with van der Waals surface area (Å²) in [6.45, 7) is -5.86. The van der Waals surface area contributed by atoms with Gasteiger partial charge in [0.15, 0.2) is 0 Å². The van der Waals surface area contributed by atoms with Crippen LogP contribution < -0.4 is 0 Å². The number of rotatable bonds is 12. The van der Waals surface area contributed by atoms with Crippen molar-refractivity contribution in [3.05, 3.63) is 253 Å². The van der Waals surface area contributed by atoms with E-state index in [2.05, 4.69) is 15.0 Å². The molecule has 0 bridgehead atoms. The van der Waals surface area contributed by atoms with Gasteiger partial charge in [-0.3, -0.25) is 14.4 Å². The van der Waals surface area contributed by atoms with Crippen LogP contribution in [0, 0.1) is 13.7 Å². The topological polar surface area (TPSA) is 68.9 Å². The van der Waals surface area contributed by atoms with E-state index in [0.29, 0.717) is 61.4 Å². The summed E-state index contributed by atoms with van der Waals surface area (Å²) < 4.78 is 131. The normalized spacial score (nSPS) is 15.5. The molecule has 0 saturated carbocycles. The smallest absolute Gasteiger partial charge is 0.116 e. The van der Waals surface area contributed by atoms with Gasteiger partial charge in [-0.05, 0) is 125 Å². The van der Waals surface area contributed by atoms with E-state index in [1.165, 1.54) is 53.2 Å².